The molecule has 1 atom stereocenters. The Balaban J connectivity index is 2.21. The van der Waals surface area contributed by atoms with Gasteiger partial charge in [-0.3, -0.25) is 0 Å². The molecule has 1 unspecified atom stereocenters. The Hall–Kier alpha value is -1.08. The van der Waals surface area contributed by atoms with Gasteiger partial charge in [-0.2, -0.15) is 4.98 Å². The van der Waals surface area contributed by atoms with Gasteiger partial charge in [-0.05, 0) is 13.3 Å². The highest BCUT2D eigenvalue weighted by atomic mass is 19.3. The van der Waals surface area contributed by atoms with E-state index < -0.39 is 13.0 Å². The number of nitrogens with zero attached hydrogens (tertiary/aromatic N) is 2. The molecule has 0 aliphatic heterocycles. The molecule has 7 heteroatoms. The Morgan fingerprint density at radius 2 is 2.22 bits per heavy atom. The van der Waals surface area contributed by atoms with Gasteiger partial charge >= 0.3 is 0 Å². The normalized spacial score (nSPS) is 13.2. The van der Waals surface area contributed by atoms with Crippen LogP contribution in [0.2, 0.25) is 0 Å². The van der Waals surface area contributed by atoms with E-state index in [4.69, 9.17) is 9.26 Å². The van der Waals surface area contributed by atoms with Crippen molar-refractivity contribution in [3.63, 3.8) is 0 Å². The van der Waals surface area contributed by atoms with Crippen molar-refractivity contribution >= 4 is 0 Å². The van der Waals surface area contributed by atoms with Crippen LogP contribution in [-0.4, -0.2) is 35.8 Å². The van der Waals surface area contributed by atoms with Gasteiger partial charge in [0.1, 0.15) is 6.61 Å². The fraction of sp³-hybridized carbons (Fsp3) is 0.818. The molecule has 1 aromatic heterocycles. The zero-order valence-corrected chi connectivity index (χ0v) is 10.7. The maximum absolute atomic E-state index is 11.8. The molecule has 0 saturated carbocycles. The largest absolute Gasteiger partial charge is 0.375 e. The van der Waals surface area contributed by atoms with E-state index in [0.717, 1.165) is 6.42 Å². The lowest BCUT2D eigenvalue weighted by Crippen LogP contribution is -2.24. The van der Waals surface area contributed by atoms with Crippen molar-refractivity contribution < 1.29 is 18.0 Å². The summed E-state index contributed by atoms with van der Waals surface area (Å²) in [5.74, 6) is 0.976. The third kappa shape index (κ3) is 6.02. The van der Waals surface area contributed by atoms with Gasteiger partial charge < -0.3 is 14.6 Å². The highest BCUT2D eigenvalue weighted by molar-refractivity contribution is 4.86. The van der Waals surface area contributed by atoms with Crippen LogP contribution in [-0.2, 0) is 17.7 Å². The number of hydrogen-bond donors (Lipinski definition) is 1. The molecule has 0 spiro atoms. The second-order valence-electron chi connectivity index (χ2n) is 4.01. The van der Waals surface area contributed by atoms with Gasteiger partial charge in [-0.25, -0.2) is 8.78 Å². The van der Waals surface area contributed by atoms with Crippen LogP contribution >= 0.6 is 0 Å². The summed E-state index contributed by atoms with van der Waals surface area (Å²) in [6.45, 7) is 4.27. The number of ether oxygens (including phenoxy) is 1. The third-order valence-corrected chi connectivity index (χ3v) is 2.44. The fourth-order valence-corrected chi connectivity index (χ4v) is 1.21. The van der Waals surface area contributed by atoms with Gasteiger partial charge in [-0.1, -0.05) is 12.1 Å². The quantitative estimate of drug-likeness (QED) is 0.688. The zero-order valence-electron chi connectivity index (χ0n) is 10.7. The summed E-state index contributed by atoms with van der Waals surface area (Å²) in [6.07, 6.45) is -1.05. The summed E-state index contributed by atoms with van der Waals surface area (Å²) >= 11 is 0. The summed E-state index contributed by atoms with van der Waals surface area (Å²) in [5.41, 5.74) is 0. The Kier molecular flexibility index (Phi) is 6.74. The summed E-state index contributed by atoms with van der Waals surface area (Å²) in [7, 11) is 0. The van der Waals surface area contributed by atoms with E-state index in [2.05, 4.69) is 29.3 Å². The molecule has 0 aliphatic carbocycles. The molecule has 1 heterocycles. The van der Waals surface area contributed by atoms with Crippen molar-refractivity contribution in [2.45, 2.75) is 45.7 Å². The van der Waals surface area contributed by atoms with Crippen LogP contribution < -0.4 is 5.32 Å². The summed E-state index contributed by atoms with van der Waals surface area (Å²) in [6, 6.07) is 0.384. The van der Waals surface area contributed by atoms with Gasteiger partial charge in [-0.15, -0.1) is 0 Å². The lowest BCUT2D eigenvalue weighted by molar-refractivity contribution is 0.0182. The lowest BCUT2D eigenvalue weighted by Gasteiger charge is -2.07. The number of hydrogen-bond acceptors (Lipinski definition) is 5. The van der Waals surface area contributed by atoms with E-state index in [9.17, 15) is 8.78 Å². The maximum Gasteiger partial charge on any atom is 0.261 e. The first kappa shape index (κ1) is 15.0. The zero-order chi connectivity index (χ0) is 13.4. The molecule has 18 heavy (non-hydrogen) atoms. The van der Waals surface area contributed by atoms with Crippen LogP contribution in [0, 0.1) is 0 Å². The van der Waals surface area contributed by atoms with E-state index in [-0.39, 0.29) is 6.61 Å². The van der Waals surface area contributed by atoms with Crippen molar-refractivity contribution in [3.05, 3.63) is 11.7 Å². The number of rotatable bonds is 9. The minimum Gasteiger partial charge on any atom is -0.375 e. The van der Waals surface area contributed by atoms with E-state index in [1.54, 1.807) is 0 Å². The molecule has 0 amide bonds. The van der Waals surface area contributed by atoms with Gasteiger partial charge in [0.15, 0.2) is 5.82 Å². The van der Waals surface area contributed by atoms with E-state index in [1.165, 1.54) is 0 Å². The SMILES string of the molecule is CCC(C)NCc1nc(CCOCC(F)F)no1. The van der Waals surface area contributed by atoms with Gasteiger partial charge in [0.05, 0.1) is 13.2 Å². The molecule has 0 saturated heterocycles. The molecule has 0 aliphatic rings. The summed E-state index contributed by atoms with van der Waals surface area (Å²) in [4.78, 5) is 4.13. The molecule has 1 aromatic rings. The predicted molar refractivity (Wildman–Crippen MR) is 61.4 cm³/mol. The average Bonchev–Trinajstić information content (AvgIpc) is 2.79. The van der Waals surface area contributed by atoms with Crippen molar-refractivity contribution in [1.29, 1.82) is 0 Å². The number of aromatic nitrogens is 2. The molecule has 0 radical (unpaired) electrons. The highest BCUT2D eigenvalue weighted by Crippen LogP contribution is 2.00. The van der Waals surface area contributed by atoms with Crippen LogP contribution in [0.4, 0.5) is 8.78 Å². The Labute approximate surface area is 105 Å². The smallest absolute Gasteiger partial charge is 0.261 e. The van der Waals surface area contributed by atoms with Crippen LogP contribution in [0.1, 0.15) is 32.0 Å². The van der Waals surface area contributed by atoms with E-state index >= 15 is 0 Å². The predicted octanol–water partition coefficient (Wildman–Crippen LogP) is 1.78. The molecule has 0 fully saturated rings. The molecule has 0 bridgehead atoms. The van der Waals surface area contributed by atoms with Crippen LogP contribution in [0.5, 0.6) is 0 Å². The Bertz CT molecular complexity index is 334. The van der Waals surface area contributed by atoms with E-state index in [1.807, 2.05) is 0 Å². The van der Waals surface area contributed by atoms with Crippen LogP contribution in [0.15, 0.2) is 4.52 Å². The first-order valence-electron chi connectivity index (χ1n) is 6.02. The maximum atomic E-state index is 11.8. The fourth-order valence-electron chi connectivity index (χ4n) is 1.21. The van der Waals surface area contributed by atoms with Crippen molar-refractivity contribution in [2.24, 2.45) is 0 Å². The van der Waals surface area contributed by atoms with Crippen molar-refractivity contribution in [3.8, 4) is 0 Å². The first-order valence-corrected chi connectivity index (χ1v) is 6.02. The van der Waals surface area contributed by atoms with Gasteiger partial charge in [0.2, 0.25) is 5.89 Å². The third-order valence-electron chi connectivity index (χ3n) is 2.44. The molecule has 104 valence electrons. The summed E-state index contributed by atoms with van der Waals surface area (Å²) in [5, 5.41) is 6.96. The minimum absolute atomic E-state index is 0.169. The molecular weight excluding hydrogens is 244 g/mol. The molecule has 1 N–H and O–H groups in total. The first-order chi connectivity index (χ1) is 8.61. The second kappa shape index (κ2) is 8.10. The molecular formula is C11H19F2N3O2. The minimum atomic E-state index is -2.44. The highest BCUT2D eigenvalue weighted by Gasteiger charge is 2.08. The number of alkyl halides is 2. The van der Waals surface area contributed by atoms with Gasteiger partial charge in [0.25, 0.3) is 6.43 Å². The lowest BCUT2D eigenvalue weighted by atomic mass is 10.3. The van der Waals surface area contributed by atoms with E-state index in [0.29, 0.717) is 30.7 Å². The monoisotopic (exact) mass is 263 g/mol. The van der Waals surface area contributed by atoms with Gasteiger partial charge in [0, 0.05) is 12.5 Å². The van der Waals surface area contributed by atoms with Crippen LogP contribution in [0.3, 0.4) is 0 Å². The molecule has 1 rings (SSSR count). The standard InChI is InChI=1S/C11H19F2N3O2/c1-3-8(2)14-6-11-15-10(16-18-11)4-5-17-7-9(12)13/h8-9,14H,3-7H2,1-2H3. The van der Waals surface area contributed by atoms with Crippen molar-refractivity contribution in [2.75, 3.05) is 13.2 Å². The summed E-state index contributed by atoms with van der Waals surface area (Å²) < 4.78 is 33.3. The molecule has 0 aromatic carbocycles. The van der Waals surface area contributed by atoms with Crippen LogP contribution in [0.25, 0.3) is 0 Å². The number of halogens is 2. The topological polar surface area (TPSA) is 60.2 Å². The second-order valence-corrected chi connectivity index (χ2v) is 4.01. The molecule has 5 nitrogen and oxygen atoms in total. The van der Waals surface area contributed by atoms with Crippen molar-refractivity contribution in [1.82, 2.24) is 15.5 Å². The average molecular weight is 263 g/mol. The Morgan fingerprint density at radius 3 is 2.89 bits per heavy atom. The Morgan fingerprint density at radius 1 is 1.44 bits per heavy atom. The number of nitrogens with one attached hydrogen (secondary N) is 1.